The van der Waals surface area contributed by atoms with Gasteiger partial charge in [0.15, 0.2) is 0 Å². The smallest absolute Gasteiger partial charge is 0.315 e. The first-order valence-electron chi connectivity index (χ1n) is 6.04. The Morgan fingerprint density at radius 3 is 2.88 bits per heavy atom. The van der Waals surface area contributed by atoms with Crippen molar-refractivity contribution >= 4 is 17.8 Å². The highest BCUT2D eigenvalue weighted by Gasteiger charge is 2.20. The summed E-state index contributed by atoms with van der Waals surface area (Å²) < 4.78 is 0. The van der Waals surface area contributed by atoms with Crippen LogP contribution in [-0.4, -0.2) is 41.8 Å². The van der Waals surface area contributed by atoms with E-state index in [9.17, 15) is 4.79 Å². The van der Waals surface area contributed by atoms with Gasteiger partial charge in [-0.3, -0.25) is 0 Å². The molecule has 0 aliphatic heterocycles. The zero-order valence-corrected chi connectivity index (χ0v) is 11.3. The molecule has 1 unspecified atom stereocenters. The lowest BCUT2D eigenvalue weighted by atomic mass is 10.1. The Morgan fingerprint density at radius 1 is 1.59 bits per heavy atom. The average molecular weight is 258 g/mol. The maximum atomic E-state index is 11.7. The van der Waals surface area contributed by atoms with Gasteiger partial charge in [-0.2, -0.15) is 11.8 Å². The van der Waals surface area contributed by atoms with Crippen LogP contribution >= 0.6 is 11.8 Å². The predicted octanol–water partition coefficient (Wildman–Crippen LogP) is 1.36. The van der Waals surface area contributed by atoms with Crippen molar-refractivity contribution in [3.05, 3.63) is 12.2 Å². The number of aliphatic hydroxyl groups excluding tert-OH is 1. The molecule has 1 rings (SSSR count). The number of hydrogen-bond donors (Lipinski definition) is 3. The Labute approximate surface area is 107 Å². The van der Waals surface area contributed by atoms with E-state index in [4.69, 9.17) is 5.11 Å². The molecule has 0 aromatic carbocycles. The van der Waals surface area contributed by atoms with Crippen LogP contribution in [0.25, 0.3) is 0 Å². The molecule has 0 radical (unpaired) electrons. The Balaban J connectivity index is 2.27. The summed E-state index contributed by atoms with van der Waals surface area (Å²) in [6.45, 7) is 2.22. The van der Waals surface area contributed by atoms with Crippen molar-refractivity contribution in [1.82, 2.24) is 10.6 Å². The molecule has 0 aromatic heterocycles. The Kier molecular flexibility index (Phi) is 6.44. The Bertz CT molecular complexity index is 271. The van der Waals surface area contributed by atoms with Crippen LogP contribution in [0.5, 0.6) is 0 Å². The summed E-state index contributed by atoms with van der Waals surface area (Å²) in [7, 11) is 0. The van der Waals surface area contributed by atoms with Crippen LogP contribution in [0.15, 0.2) is 12.2 Å². The first-order chi connectivity index (χ1) is 8.19. The van der Waals surface area contributed by atoms with Crippen LogP contribution in [0.2, 0.25) is 0 Å². The summed E-state index contributed by atoms with van der Waals surface area (Å²) in [5, 5.41) is 14.9. The normalized spacial score (nSPS) is 24.6. The standard InChI is InChI=1S/C12H22N2O2S/c1-3-10(8-17-2)13-12(16)14-11-5-4-9(6-11)7-15/h4-5,9-11,15H,3,6-8H2,1-2H3,(H2,13,14,16)/t9-,10?,11+/m0/s1. The van der Waals surface area contributed by atoms with Crippen molar-refractivity contribution in [2.45, 2.75) is 31.8 Å². The third kappa shape index (κ3) is 5.00. The molecule has 1 aliphatic rings. The number of nitrogens with one attached hydrogen (secondary N) is 2. The first kappa shape index (κ1) is 14.4. The van der Waals surface area contributed by atoms with Gasteiger partial charge in [0.05, 0.1) is 0 Å². The van der Waals surface area contributed by atoms with Crippen molar-refractivity contribution in [2.75, 3.05) is 18.6 Å². The quantitative estimate of drug-likeness (QED) is 0.631. The van der Waals surface area contributed by atoms with Gasteiger partial charge in [0.2, 0.25) is 0 Å². The van der Waals surface area contributed by atoms with Crippen molar-refractivity contribution in [3.8, 4) is 0 Å². The largest absolute Gasteiger partial charge is 0.396 e. The molecule has 1 aliphatic carbocycles. The molecular formula is C12H22N2O2S. The summed E-state index contributed by atoms with van der Waals surface area (Å²) in [4.78, 5) is 11.7. The molecule has 4 nitrogen and oxygen atoms in total. The summed E-state index contributed by atoms with van der Waals surface area (Å²) in [5.41, 5.74) is 0. The van der Waals surface area contributed by atoms with Gasteiger partial charge in [-0.1, -0.05) is 19.1 Å². The molecule has 0 saturated carbocycles. The number of hydrogen-bond acceptors (Lipinski definition) is 3. The molecule has 3 atom stereocenters. The maximum Gasteiger partial charge on any atom is 0.315 e. The van der Waals surface area contributed by atoms with Gasteiger partial charge in [0, 0.05) is 30.4 Å². The molecule has 5 heteroatoms. The third-order valence-electron chi connectivity index (χ3n) is 2.92. The third-order valence-corrected chi connectivity index (χ3v) is 3.65. The number of urea groups is 1. The van der Waals surface area contributed by atoms with E-state index in [2.05, 4.69) is 17.6 Å². The molecule has 2 amide bonds. The van der Waals surface area contributed by atoms with Gasteiger partial charge in [-0.05, 0) is 19.1 Å². The van der Waals surface area contributed by atoms with E-state index in [1.165, 1.54) is 0 Å². The van der Waals surface area contributed by atoms with E-state index >= 15 is 0 Å². The number of aliphatic hydroxyl groups is 1. The molecule has 3 N–H and O–H groups in total. The molecule has 0 saturated heterocycles. The number of thioether (sulfide) groups is 1. The maximum absolute atomic E-state index is 11.7. The number of carbonyl (C=O) groups is 1. The lowest BCUT2D eigenvalue weighted by molar-refractivity contribution is 0.229. The van der Waals surface area contributed by atoms with E-state index in [0.717, 1.165) is 18.6 Å². The molecule has 0 fully saturated rings. The van der Waals surface area contributed by atoms with Gasteiger partial charge in [-0.25, -0.2) is 4.79 Å². The minimum atomic E-state index is -0.112. The lowest BCUT2D eigenvalue weighted by Crippen LogP contribution is -2.46. The minimum absolute atomic E-state index is 0.0546. The monoisotopic (exact) mass is 258 g/mol. The number of carbonyl (C=O) groups excluding carboxylic acids is 1. The van der Waals surface area contributed by atoms with Gasteiger partial charge in [0.1, 0.15) is 0 Å². The molecule has 0 spiro atoms. The zero-order chi connectivity index (χ0) is 12.7. The van der Waals surface area contributed by atoms with Crippen LogP contribution in [0.1, 0.15) is 19.8 Å². The van der Waals surface area contributed by atoms with E-state index in [1.54, 1.807) is 11.8 Å². The molecule has 0 heterocycles. The topological polar surface area (TPSA) is 61.4 Å². The highest BCUT2D eigenvalue weighted by Crippen LogP contribution is 2.16. The van der Waals surface area contributed by atoms with Gasteiger partial charge in [-0.15, -0.1) is 0 Å². The second-order valence-electron chi connectivity index (χ2n) is 4.35. The van der Waals surface area contributed by atoms with Gasteiger partial charge in [0.25, 0.3) is 0 Å². The van der Waals surface area contributed by atoms with E-state index in [0.29, 0.717) is 0 Å². The minimum Gasteiger partial charge on any atom is -0.396 e. The fourth-order valence-electron chi connectivity index (χ4n) is 1.88. The van der Waals surface area contributed by atoms with Gasteiger partial charge < -0.3 is 15.7 Å². The lowest BCUT2D eigenvalue weighted by Gasteiger charge is -2.18. The Hall–Kier alpha value is -0.680. The summed E-state index contributed by atoms with van der Waals surface area (Å²) in [5.74, 6) is 1.12. The van der Waals surface area contributed by atoms with Crippen molar-refractivity contribution < 1.29 is 9.90 Å². The fraction of sp³-hybridized carbons (Fsp3) is 0.750. The highest BCUT2D eigenvalue weighted by atomic mass is 32.2. The van der Waals surface area contributed by atoms with Crippen LogP contribution in [0.3, 0.4) is 0 Å². The second-order valence-corrected chi connectivity index (χ2v) is 5.26. The number of rotatable bonds is 6. The molecule has 98 valence electrons. The molecular weight excluding hydrogens is 236 g/mol. The fourth-order valence-corrected chi connectivity index (χ4v) is 2.60. The van der Waals surface area contributed by atoms with E-state index in [1.807, 2.05) is 18.4 Å². The zero-order valence-electron chi connectivity index (χ0n) is 10.5. The van der Waals surface area contributed by atoms with E-state index in [-0.39, 0.29) is 30.6 Å². The van der Waals surface area contributed by atoms with Crippen LogP contribution in [0.4, 0.5) is 4.79 Å². The van der Waals surface area contributed by atoms with Crippen molar-refractivity contribution in [1.29, 1.82) is 0 Å². The highest BCUT2D eigenvalue weighted by molar-refractivity contribution is 7.98. The average Bonchev–Trinajstić information content (AvgIpc) is 2.76. The summed E-state index contributed by atoms with van der Waals surface area (Å²) in [6, 6.07) is 0.169. The molecule has 0 aromatic rings. The van der Waals surface area contributed by atoms with Crippen molar-refractivity contribution in [3.63, 3.8) is 0 Å². The SMILES string of the molecule is CCC(CSC)NC(=O)N[C@@H]1C=C[C@H](CO)C1. The predicted molar refractivity (Wildman–Crippen MR) is 72.2 cm³/mol. The van der Waals surface area contributed by atoms with Gasteiger partial charge >= 0.3 is 6.03 Å². The second kappa shape index (κ2) is 7.61. The van der Waals surface area contributed by atoms with Crippen LogP contribution < -0.4 is 10.6 Å². The van der Waals surface area contributed by atoms with E-state index < -0.39 is 0 Å². The molecule has 17 heavy (non-hydrogen) atoms. The summed E-state index contributed by atoms with van der Waals surface area (Å²) in [6.07, 6.45) is 7.69. The Morgan fingerprint density at radius 2 is 2.35 bits per heavy atom. The molecule has 0 bridgehead atoms. The summed E-state index contributed by atoms with van der Waals surface area (Å²) >= 11 is 1.73. The first-order valence-corrected chi connectivity index (χ1v) is 7.44. The van der Waals surface area contributed by atoms with Crippen LogP contribution in [0, 0.1) is 5.92 Å². The number of amides is 2. The van der Waals surface area contributed by atoms with Crippen LogP contribution in [-0.2, 0) is 0 Å². The van der Waals surface area contributed by atoms with Crippen molar-refractivity contribution in [2.24, 2.45) is 5.92 Å².